The van der Waals surface area contributed by atoms with Crippen molar-refractivity contribution in [1.82, 2.24) is 5.32 Å². The molecule has 1 nitrogen and oxygen atoms in total. The third-order valence-electron chi connectivity index (χ3n) is 3.11. The summed E-state index contributed by atoms with van der Waals surface area (Å²) in [5, 5.41) is 5.92. The fourth-order valence-corrected chi connectivity index (χ4v) is 3.08. The van der Waals surface area contributed by atoms with Crippen LogP contribution in [-0.2, 0) is 0 Å². The van der Waals surface area contributed by atoms with Crippen molar-refractivity contribution in [1.29, 1.82) is 0 Å². The van der Waals surface area contributed by atoms with Gasteiger partial charge in [0, 0.05) is 17.0 Å². The number of hydrogen-bond donors (Lipinski definition) is 1. The maximum atomic E-state index is 3.75. The highest BCUT2D eigenvalue weighted by Gasteiger charge is 2.27. The molecule has 0 saturated heterocycles. The van der Waals surface area contributed by atoms with Crippen molar-refractivity contribution in [2.24, 2.45) is 5.92 Å². The highest BCUT2D eigenvalue weighted by molar-refractivity contribution is 7.10. The molecule has 1 saturated carbocycles. The molecule has 1 fully saturated rings. The van der Waals surface area contributed by atoms with Gasteiger partial charge in [0.15, 0.2) is 0 Å². The highest BCUT2D eigenvalue weighted by atomic mass is 32.1. The fraction of sp³-hybridized carbons (Fsp3) is 0.667. The molecule has 1 aliphatic carbocycles. The second kappa shape index (κ2) is 4.45. The van der Waals surface area contributed by atoms with Crippen LogP contribution >= 0.6 is 11.3 Å². The van der Waals surface area contributed by atoms with E-state index in [1.165, 1.54) is 24.1 Å². The summed E-state index contributed by atoms with van der Waals surface area (Å²) in [7, 11) is 0. The normalized spacial score (nSPS) is 28.4. The topological polar surface area (TPSA) is 12.0 Å². The predicted octanol–water partition coefficient (Wildman–Crippen LogP) is 3.59. The van der Waals surface area contributed by atoms with Gasteiger partial charge in [-0.25, -0.2) is 0 Å². The van der Waals surface area contributed by atoms with Crippen molar-refractivity contribution in [2.75, 3.05) is 0 Å². The molecular formula is C12H19NS. The van der Waals surface area contributed by atoms with E-state index >= 15 is 0 Å². The van der Waals surface area contributed by atoms with Crippen LogP contribution in [0.2, 0.25) is 0 Å². The molecule has 78 valence electrons. The first-order valence-corrected chi connectivity index (χ1v) is 6.47. The Morgan fingerprint density at radius 3 is 2.86 bits per heavy atom. The minimum atomic E-state index is 0.590. The first kappa shape index (κ1) is 10.2. The lowest BCUT2D eigenvalue weighted by atomic mass is 9.81. The van der Waals surface area contributed by atoms with Gasteiger partial charge in [0.2, 0.25) is 0 Å². The summed E-state index contributed by atoms with van der Waals surface area (Å²) < 4.78 is 0. The largest absolute Gasteiger partial charge is 0.306 e. The zero-order valence-electron chi connectivity index (χ0n) is 8.99. The smallest absolute Gasteiger partial charge is 0.0414 e. The lowest BCUT2D eigenvalue weighted by Crippen LogP contribution is -2.41. The Hall–Kier alpha value is -0.340. The zero-order valence-corrected chi connectivity index (χ0v) is 9.81. The standard InChI is InChI=1S/C12H19NS/c1-3-11(12-5-4-6-14-12)13-10-7-9(2)8-10/h4-6,9-11,13H,3,7-8H2,1-2H3. The molecule has 0 radical (unpaired) electrons. The van der Waals surface area contributed by atoms with E-state index in [4.69, 9.17) is 0 Å². The molecule has 1 aliphatic rings. The van der Waals surface area contributed by atoms with Crippen molar-refractivity contribution >= 4 is 11.3 Å². The third-order valence-corrected chi connectivity index (χ3v) is 4.09. The summed E-state index contributed by atoms with van der Waals surface area (Å²) in [5.74, 6) is 0.938. The van der Waals surface area contributed by atoms with Gasteiger partial charge in [0.1, 0.15) is 0 Å². The van der Waals surface area contributed by atoms with Gasteiger partial charge >= 0.3 is 0 Å². The Bertz CT molecular complexity index is 262. The minimum absolute atomic E-state index is 0.590. The third kappa shape index (κ3) is 2.18. The summed E-state index contributed by atoms with van der Waals surface area (Å²) in [6.07, 6.45) is 3.93. The van der Waals surface area contributed by atoms with E-state index in [0.717, 1.165) is 12.0 Å². The molecular weight excluding hydrogens is 190 g/mol. The molecule has 14 heavy (non-hydrogen) atoms. The minimum Gasteiger partial charge on any atom is -0.306 e. The van der Waals surface area contributed by atoms with Gasteiger partial charge in [-0.15, -0.1) is 11.3 Å². The van der Waals surface area contributed by atoms with Gasteiger partial charge in [-0.2, -0.15) is 0 Å². The summed E-state index contributed by atoms with van der Waals surface area (Å²) in [5.41, 5.74) is 0. The van der Waals surface area contributed by atoms with Gasteiger partial charge in [-0.1, -0.05) is 19.9 Å². The second-order valence-electron chi connectivity index (χ2n) is 4.42. The Kier molecular flexibility index (Phi) is 3.24. The van der Waals surface area contributed by atoms with E-state index in [9.17, 15) is 0 Å². The van der Waals surface area contributed by atoms with Gasteiger partial charge in [0.25, 0.3) is 0 Å². The highest BCUT2D eigenvalue weighted by Crippen LogP contribution is 2.30. The van der Waals surface area contributed by atoms with Crippen LogP contribution in [0.4, 0.5) is 0 Å². The van der Waals surface area contributed by atoms with Gasteiger partial charge in [0.05, 0.1) is 0 Å². The molecule has 1 heterocycles. The first-order valence-electron chi connectivity index (χ1n) is 5.59. The molecule has 0 aliphatic heterocycles. The van der Waals surface area contributed by atoms with Crippen LogP contribution in [0.25, 0.3) is 0 Å². The quantitative estimate of drug-likeness (QED) is 0.799. The average molecular weight is 209 g/mol. The maximum Gasteiger partial charge on any atom is 0.0414 e. The second-order valence-corrected chi connectivity index (χ2v) is 5.40. The average Bonchev–Trinajstić information content (AvgIpc) is 2.63. The summed E-state index contributed by atoms with van der Waals surface area (Å²) >= 11 is 1.87. The van der Waals surface area contributed by atoms with E-state index in [1.54, 1.807) is 0 Å². The number of nitrogens with one attached hydrogen (secondary N) is 1. The molecule has 1 atom stereocenters. The van der Waals surface area contributed by atoms with Crippen LogP contribution in [0.1, 0.15) is 44.0 Å². The molecule has 0 amide bonds. The molecule has 1 N–H and O–H groups in total. The molecule has 2 rings (SSSR count). The Labute approximate surface area is 90.5 Å². The molecule has 0 bridgehead atoms. The predicted molar refractivity (Wildman–Crippen MR) is 62.7 cm³/mol. The first-order chi connectivity index (χ1) is 6.79. The molecule has 1 aromatic heterocycles. The van der Waals surface area contributed by atoms with Crippen LogP contribution in [0.15, 0.2) is 17.5 Å². The summed E-state index contributed by atoms with van der Waals surface area (Å²) in [4.78, 5) is 1.49. The van der Waals surface area contributed by atoms with E-state index in [-0.39, 0.29) is 0 Å². The molecule has 1 aromatic rings. The Balaban J connectivity index is 1.88. The molecule has 2 heteroatoms. The molecule has 1 unspecified atom stereocenters. The van der Waals surface area contributed by atoms with Crippen LogP contribution in [0.5, 0.6) is 0 Å². The van der Waals surface area contributed by atoms with Gasteiger partial charge in [-0.05, 0) is 36.6 Å². The number of hydrogen-bond acceptors (Lipinski definition) is 2. The lowest BCUT2D eigenvalue weighted by Gasteiger charge is -2.36. The Morgan fingerprint density at radius 1 is 1.57 bits per heavy atom. The van der Waals surface area contributed by atoms with E-state index in [2.05, 4.69) is 36.7 Å². The maximum absolute atomic E-state index is 3.75. The zero-order chi connectivity index (χ0) is 9.97. The SMILES string of the molecule is CCC(NC1CC(C)C1)c1cccs1. The van der Waals surface area contributed by atoms with E-state index in [0.29, 0.717) is 6.04 Å². The van der Waals surface area contributed by atoms with Crippen molar-refractivity contribution in [3.05, 3.63) is 22.4 Å². The van der Waals surface area contributed by atoms with Crippen LogP contribution in [-0.4, -0.2) is 6.04 Å². The summed E-state index contributed by atoms with van der Waals surface area (Å²) in [6, 6.07) is 5.76. The number of thiophene rings is 1. The molecule has 0 aromatic carbocycles. The van der Waals surface area contributed by atoms with Crippen LogP contribution in [0.3, 0.4) is 0 Å². The monoisotopic (exact) mass is 209 g/mol. The molecule has 0 spiro atoms. The summed E-state index contributed by atoms with van der Waals surface area (Å²) in [6.45, 7) is 4.60. The van der Waals surface area contributed by atoms with Crippen molar-refractivity contribution < 1.29 is 0 Å². The van der Waals surface area contributed by atoms with Gasteiger partial charge in [-0.3, -0.25) is 0 Å². The lowest BCUT2D eigenvalue weighted by molar-refractivity contribution is 0.221. The van der Waals surface area contributed by atoms with Crippen LogP contribution in [0, 0.1) is 5.92 Å². The van der Waals surface area contributed by atoms with Crippen molar-refractivity contribution in [2.45, 2.75) is 45.2 Å². The van der Waals surface area contributed by atoms with Crippen molar-refractivity contribution in [3.8, 4) is 0 Å². The van der Waals surface area contributed by atoms with Gasteiger partial charge < -0.3 is 5.32 Å². The van der Waals surface area contributed by atoms with E-state index in [1.807, 2.05) is 11.3 Å². The van der Waals surface area contributed by atoms with Crippen molar-refractivity contribution in [3.63, 3.8) is 0 Å². The number of rotatable bonds is 4. The van der Waals surface area contributed by atoms with Crippen LogP contribution < -0.4 is 5.32 Å². The fourth-order valence-electron chi connectivity index (χ4n) is 2.21. The Morgan fingerprint density at radius 2 is 2.36 bits per heavy atom. The van der Waals surface area contributed by atoms with E-state index < -0.39 is 0 Å².